The Bertz CT molecular complexity index is 1010. The number of carbonyl (C=O) groups is 1. The lowest BCUT2D eigenvalue weighted by molar-refractivity contribution is -0.114. The van der Waals surface area contributed by atoms with Crippen LogP contribution in [0.1, 0.15) is 6.92 Å². The second-order valence-corrected chi connectivity index (χ2v) is 7.97. The van der Waals surface area contributed by atoms with Gasteiger partial charge in [0.2, 0.25) is 5.91 Å². The number of hydrogen-bond donors (Lipinski definition) is 1. The summed E-state index contributed by atoms with van der Waals surface area (Å²) in [6, 6.07) is 24.5. The first-order valence-corrected chi connectivity index (χ1v) is 9.51. The van der Waals surface area contributed by atoms with Crippen LogP contribution in [0.15, 0.2) is 77.4 Å². The first kappa shape index (κ1) is 16.4. The molecular weight excluding hydrogens is 345 g/mol. The van der Waals surface area contributed by atoms with Crippen LogP contribution in [0.2, 0.25) is 0 Å². The van der Waals surface area contributed by atoms with Crippen LogP contribution in [0.4, 0.5) is 5.69 Å². The molecule has 1 aromatic heterocycles. The maximum absolute atomic E-state index is 11.5. The van der Waals surface area contributed by atoms with Gasteiger partial charge in [-0.15, -0.1) is 0 Å². The Hall–Kier alpha value is -3.04. The maximum Gasteiger partial charge on any atom is 0.221 e. The summed E-state index contributed by atoms with van der Waals surface area (Å²) >= 11 is 0. The number of amides is 1. The molecule has 1 heterocycles. The zero-order valence-electron chi connectivity index (χ0n) is 14.1. The second-order valence-electron chi connectivity index (χ2n) is 5.78. The van der Waals surface area contributed by atoms with Gasteiger partial charge in [0.25, 0.3) is 0 Å². The molecule has 4 rings (SSSR count). The molecule has 0 radical (unpaired) electrons. The quantitative estimate of drug-likeness (QED) is 0.568. The monoisotopic (exact) mass is 361 g/mol. The van der Waals surface area contributed by atoms with Gasteiger partial charge in [0.05, 0.1) is 5.69 Å². The summed E-state index contributed by atoms with van der Waals surface area (Å²) in [6.45, 7) is 1.47. The number of anilines is 1. The van der Waals surface area contributed by atoms with E-state index in [2.05, 4.69) is 39.9 Å². The normalized spacial score (nSPS) is 11.0. The van der Waals surface area contributed by atoms with E-state index in [1.165, 1.54) is 17.5 Å². The van der Waals surface area contributed by atoms with Crippen LogP contribution in [0, 0.1) is 0 Å². The first-order valence-electron chi connectivity index (χ1n) is 8.17. The zero-order chi connectivity index (χ0) is 17.9. The van der Waals surface area contributed by atoms with Gasteiger partial charge in [-0.3, -0.25) is 4.79 Å². The lowest BCUT2D eigenvalue weighted by atomic mass is 10.2. The third kappa shape index (κ3) is 3.09. The lowest BCUT2D eigenvalue weighted by Gasteiger charge is -2.19. The van der Waals surface area contributed by atoms with Gasteiger partial charge in [0.1, 0.15) is 5.52 Å². The van der Waals surface area contributed by atoms with Crippen molar-refractivity contribution in [3.8, 4) is 0 Å². The van der Waals surface area contributed by atoms with Gasteiger partial charge in [-0.05, 0) is 41.0 Å². The Morgan fingerprint density at radius 1 is 0.846 bits per heavy atom. The summed E-state index contributed by atoms with van der Waals surface area (Å²) in [5.74, 6) is -0.157. The summed E-state index contributed by atoms with van der Waals surface area (Å²) in [4.78, 5) is 11.5. The van der Waals surface area contributed by atoms with Gasteiger partial charge in [-0.1, -0.05) is 60.7 Å². The molecule has 0 bridgehead atoms. The van der Waals surface area contributed by atoms with Gasteiger partial charge in [0, 0.05) is 12.2 Å². The van der Waals surface area contributed by atoms with Crippen molar-refractivity contribution in [2.24, 2.45) is 0 Å². The summed E-state index contributed by atoms with van der Waals surface area (Å²) in [6.07, 6.45) is 0. The first-order chi connectivity index (χ1) is 12.7. The Morgan fingerprint density at radius 2 is 1.42 bits per heavy atom. The van der Waals surface area contributed by atoms with Crippen molar-refractivity contribution in [1.29, 1.82) is 0 Å². The number of fused-ring (bicyclic) bond motifs is 1. The summed E-state index contributed by atoms with van der Waals surface area (Å²) < 4.78 is 5.01. The van der Waals surface area contributed by atoms with Crippen LogP contribution < -0.4 is 21.2 Å². The van der Waals surface area contributed by atoms with Crippen molar-refractivity contribution in [2.75, 3.05) is 5.32 Å². The number of hydrogen-bond acceptors (Lipinski definition) is 4. The van der Waals surface area contributed by atoms with E-state index in [1.54, 1.807) is 0 Å². The van der Waals surface area contributed by atoms with Crippen LogP contribution in [-0.4, -0.2) is 16.2 Å². The molecule has 6 heteroatoms. The fourth-order valence-electron chi connectivity index (χ4n) is 2.91. The molecule has 0 unspecified atom stereocenters. The van der Waals surface area contributed by atoms with Gasteiger partial charge in [-0.2, -0.15) is 0 Å². The highest BCUT2D eigenvalue weighted by Crippen LogP contribution is 2.36. The van der Waals surface area contributed by atoms with E-state index >= 15 is 0 Å². The molecule has 0 saturated heterocycles. The molecule has 4 aromatic rings. The minimum atomic E-state index is -0.828. The molecule has 0 aliphatic carbocycles. The van der Waals surface area contributed by atoms with Crippen molar-refractivity contribution >= 4 is 46.5 Å². The molecule has 0 atom stereocenters. The van der Waals surface area contributed by atoms with Gasteiger partial charge in [0.15, 0.2) is 5.52 Å². The Labute approximate surface area is 151 Å². The third-order valence-corrected chi connectivity index (χ3v) is 6.45. The van der Waals surface area contributed by atoms with Gasteiger partial charge >= 0.3 is 0 Å². The molecule has 1 N–H and O–H groups in total. The van der Waals surface area contributed by atoms with E-state index in [0.29, 0.717) is 16.7 Å². The standard InChI is InChI=1S/C20H16N3O2P/c1-14(24)21-17-12-13-18(20-19(17)22-25-23-20)26(15-8-4-2-5-9-15)16-10-6-3-7-11-16/h2-13H,1H3,(H,21,24). The molecule has 0 aliphatic heterocycles. The number of rotatable bonds is 4. The van der Waals surface area contributed by atoms with Crippen LogP contribution in [0.5, 0.6) is 0 Å². The summed E-state index contributed by atoms with van der Waals surface area (Å²) in [5, 5.41) is 14.4. The minimum Gasteiger partial charge on any atom is -0.324 e. The maximum atomic E-state index is 11.5. The highest BCUT2D eigenvalue weighted by Gasteiger charge is 2.22. The van der Waals surface area contributed by atoms with Crippen LogP contribution in [0.25, 0.3) is 11.0 Å². The predicted molar refractivity (Wildman–Crippen MR) is 105 cm³/mol. The van der Waals surface area contributed by atoms with E-state index in [9.17, 15) is 4.79 Å². The van der Waals surface area contributed by atoms with E-state index in [1.807, 2.05) is 48.5 Å². The lowest BCUT2D eigenvalue weighted by Crippen LogP contribution is -2.21. The highest BCUT2D eigenvalue weighted by atomic mass is 31.1. The summed E-state index contributed by atoms with van der Waals surface area (Å²) in [5.41, 5.74) is 1.85. The zero-order valence-corrected chi connectivity index (χ0v) is 15.0. The second kappa shape index (κ2) is 7.06. The molecule has 0 saturated carbocycles. The molecule has 26 heavy (non-hydrogen) atoms. The molecule has 3 aromatic carbocycles. The molecule has 0 spiro atoms. The average molecular weight is 361 g/mol. The minimum absolute atomic E-state index is 0.157. The number of carbonyl (C=O) groups excluding carboxylic acids is 1. The molecular formula is C20H16N3O2P. The van der Waals surface area contributed by atoms with Crippen LogP contribution in [0.3, 0.4) is 0 Å². The van der Waals surface area contributed by atoms with Gasteiger partial charge in [-0.25, -0.2) is 4.63 Å². The van der Waals surface area contributed by atoms with Crippen molar-refractivity contribution in [3.05, 3.63) is 72.8 Å². The Balaban J connectivity index is 1.92. The van der Waals surface area contributed by atoms with Crippen LogP contribution >= 0.6 is 7.92 Å². The smallest absolute Gasteiger partial charge is 0.221 e. The number of benzene rings is 3. The Morgan fingerprint density at radius 3 is 2.00 bits per heavy atom. The van der Waals surface area contributed by atoms with E-state index in [-0.39, 0.29) is 5.91 Å². The SMILES string of the molecule is CC(=O)Nc1ccc(P(c2ccccc2)c2ccccc2)c2nonc12. The van der Waals surface area contributed by atoms with Crippen molar-refractivity contribution < 1.29 is 9.42 Å². The third-order valence-electron chi connectivity index (χ3n) is 3.97. The van der Waals surface area contributed by atoms with Crippen molar-refractivity contribution in [2.45, 2.75) is 6.92 Å². The highest BCUT2D eigenvalue weighted by molar-refractivity contribution is 7.80. The number of nitrogens with zero attached hydrogens (tertiary/aromatic N) is 2. The molecule has 0 aliphatic rings. The molecule has 5 nitrogen and oxygen atoms in total. The van der Waals surface area contributed by atoms with Crippen LogP contribution in [-0.2, 0) is 4.79 Å². The van der Waals surface area contributed by atoms with E-state index in [0.717, 1.165) is 5.30 Å². The number of nitrogens with one attached hydrogen (secondary N) is 1. The number of aromatic nitrogens is 2. The predicted octanol–water partition coefficient (Wildman–Crippen LogP) is 2.94. The van der Waals surface area contributed by atoms with E-state index < -0.39 is 7.92 Å². The Kier molecular flexibility index (Phi) is 4.46. The van der Waals surface area contributed by atoms with Crippen molar-refractivity contribution in [1.82, 2.24) is 10.3 Å². The average Bonchev–Trinajstić information content (AvgIpc) is 3.15. The van der Waals surface area contributed by atoms with E-state index in [4.69, 9.17) is 4.63 Å². The molecule has 0 fully saturated rings. The van der Waals surface area contributed by atoms with Crippen molar-refractivity contribution in [3.63, 3.8) is 0 Å². The van der Waals surface area contributed by atoms with Gasteiger partial charge < -0.3 is 5.32 Å². The fourth-order valence-corrected chi connectivity index (χ4v) is 5.28. The molecule has 128 valence electrons. The topological polar surface area (TPSA) is 68.0 Å². The summed E-state index contributed by atoms with van der Waals surface area (Å²) in [7, 11) is -0.828. The largest absolute Gasteiger partial charge is 0.324 e. The molecule has 1 amide bonds. The fraction of sp³-hybridized carbons (Fsp3) is 0.0500.